The third-order valence-corrected chi connectivity index (χ3v) is 7.67. The third-order valence-electron chi connectivity index (χ3n) is 5.14. The molecule has 162 valence electrons. The number of sulfonamides is 1. The van der Waals surface area contributed by atoms with Crippen LogP contribution in [0.4, 0.5) is 5.69 Å². The molecule has 1 unspecified atom stereocenters. The van der Waals surface area contributed by atoms with Crippen LogP contribution < -0.4 is 5.32 Å². The van der Waals surface area contributed by atoms with E-state index in [-0.39, 0.29) is 34.1 Å². The summed E-state index contributed by atoms with van der Waals surface area (Å²) in [5.74, 6) is -0.441. The Morgan fingerprint density at radius 2 is 2.00 bits per heavy atom. The Hall–Kier alpha value is -1.64. The van der Waals surface area contributed by atoms with Crippen molar-refractivity contribution >= 4 is 44.8 Å². The second-order valence-corrected chi connectivity index (χ2v) is 10.1. The molecule has 0 radical (unpaired) electrons. The van der Waals surface area contributed by atoms with Gasteiger partial charge >= 0.3 is 0 Å². The third kappa shape index (κ3) is 5.34. The molecule has 2 aromatic carbocycles. The predicted molar refractivity (Wildman–Crippen MR) is 119 cm³/mol. The van der Waals surface area contributed by atoms with Crippen LogP contribution in [0.1, 0.15) is 24.0 Å². The average molecular weight is 471 g/mol. The van der Waals surface area contributed by atoms with E-state index in [2.05, 4.69) is 5.32 Å². The lowest BCUT2D eigenvalue weighted by atomic mass is 10.1. The average Bonchev–Trinajstić information content (AvgIpc) is 3.20. The van der Waals surface area contributed by atoms with Crippen LogP contribution in [0, 0.1) is 13.8 Å². The predicted octanol–water partition coefficient (Wildman–Crippen LogP) is 4.42. The van der Waals surface area contributed by atoms with Crippen molar-refractivity contribution < 1.29 is 17.9 Å². The van der Waals surface area contributed by atoms with Crippen molar-refractivity contribution in [2.45, 2.75) is 37.7 Å². The molecule has 0 aliphatic carbocycles. The number of carbonyl (C=O) groups excluding carboxylic acids is 1. The van der Waals surface area contributed by atoms with Crippen molar-refractivity contribution in [2.24, 2.45) is 0 Å². The second-order valence-electron chi connectivity index (χ2n) is 7.30. The van der Waals surface area contributed by atoms with E-state index in [1.54, 1.807) is 6.07 Å². The number of rotatable bonds is 7. The lowest BCUT2D eigenvalue weighted by Gasteiger charge is -2.25. The van der Waals surface area contributed by atoms with Gasteiger partial charge in [0, 0.05) is 23.9 Å². The highest BCUT2D eigenvalue weighted by Crippen LogP contribution is 2.29. The van der Waals surface area contributed by atoms with Gasteiger partial charge in [0.25, 0.3) is 0 Å². The summed E-state index contributed by atoms with van der Waals surface area (Å²) >= 11 is 12.1. The van der Waals surface area contributed by atoms with Crippen LogP contribution in [0.25, 0.3) is 0 Å². The first kappa shape index (κ1) is 23.0. The topological polar surface area (TPSA) is 75.7 Å². The van der Waals surface area contributed by atoms with Gasteiger partial charge in [0.2, 0.25) is 15.9 Å². The molecule has 9 heteroatoms. The molecule has 0 aromatic heterocycles. The summed E-state index contributed by atoms with van der Waals surface area (Å²) in [5.41, 5.74) is 2.61. The number of benzene rings is 2. The van der Waals surface area contributed by atoms with Crippen molar-refractivity contribution in [3.05, 3.63) is 57.6 Å². The van der Waals surface area contributed by atoms with Gasteiger partial charge in [0.05, 0.1) is 17.7 Å². The van der Waals surface area contributed by atoms with E-state index in [0.717, 1.165) is 28.3 Å². The van der Waals surface area contributed by atoms with Gasteiger partial charge < -0.3 is 10.1 Å². The zero-order valence-corrected chi connectivity index (χ0v) is 19.1. The van der Waals surface area contributed by atoms with Gasteiger partial charge in [-0.3, -0.25) is 4.79 Å². The van der Waals surface area contributed by atoms with Gasteiger partial charge in [-0.1, -0.05) is 35.3 Å². The van der Waals surface area contributed by atoms with E-state index in [1.807, 2.05) is 26.0 Å². The Kier molecular flexibility index (Phi) is 7.42. The molecule has 1 amide bonds. The van der Waals surface area contributed by atoms with Crippen LogP contribution in [0.2, 0.25) is 10.0 Å². The maximum atomic E-state index is 13.3. The number of halogens is 2. The summed E-state index contributed by atoms with van der Waals surface area (Å²) in [6.07, 6.45) is 1.31. The van der Waals surface area contributed by atoms with Gasteiger partial charge in [-0.05, 0) is 62.1 Å². The van der Waals surface area contributed by atoms with Crippen molar-refractivity contribution in [2.75, 3.05) is 25.0 Å². The number of nitrogens with one attached hydrogen (secondary N) is 1. The minimum atomic E-state index is -4.07. The van der Waals surface area contributed by atoms with Crippen LogP contribution in [0.15, 0.2) is 41.3 Å². The molecule has 1 aliphatic heterocycles. The van der Waals surface area contributed by atoms with Gasteiger partial charge in [-0.25, -0.2) is 8.42 Å². The first-order chi connectivity index (χ1) is 14.2. The highest BCUT2D eigenvalue weighted by molar-refractivity contribution is 7.89. The fourth-order valence-corrected chi connectivity index (χ4v) is 5.48. The minimum Gasteiger partial charge on any atom is -0.377 e. The first-order valence-corrected chi connectivity index (χ1v) is 11.8. The molecule has 1 atom stereocenters. The van der Waals surface area contributed by atoms with Gasteiger partial charge in [-0.15, -0.1) is 0 Å². The molecule has 0 saturated carbocycles. The highest BCUT2D eigenvalue weighted by atomic mass is 35.5. The molecule has 1 saturated heterocycles. The number of hydrogen-bond acceptors (Lipinski definition) is 4. The number of ether oxygens (including phenoxy) is 1. The standard InChI is InChI=1S/C21H24Cl2N2O4S/c1-14-5-3-7-19(15(14)2)24-21(26)13-25(12-17-6-4-10-29-17)30(27,28)20-11-16(22)8-9-18(20)23/h3,5,7-9,11,17H,4,6,10,12-13H2,1-2H3,(H,24,26). The van der Waals surface area contributed by atoms with E-state index in [4.69, 9.17) is 27.9 Å². The normalized spacial score (nSPS) is 16.8. The molecule has 1 heterocycles. The molecule has 1 N–H and O–H groups in total. The molecule has 2 aromatic rings. The Morgan fingerprint density at radius 3 is 2.70 bits per heavy atom. The molecular formula is C21H24Cl2N2O4S. The van der Waals surface area contributed by atoms with Crippen molar-refractivity contribution in [1.29, 1.82) is 0 Å². The zero-order chi connectivity index (χ0) is 21.9. The summed E-state index contributed by atoms with van der Waals surface area (Å²) in [6, 6.07) is 9.81. The Bertz CT molecular complexity index is 1040. The maximum absolute atomic E-state index is 13.3. The van der Waals surface area contributed by atoms with Crippen LogP contribution in [0.5, 0.6) is 0 Å². The van der Waals surface area contributed by atoms with E-state index in [0.29, 0.717) is 12.3 Å². The number of hydrogen-bond donors (Lipinski definition) is 1. The second kappa shape index (κ2) is 9.66. The lowest BCUT2D eigenvalue weighted by molar-refractivity contribution is -0.116. The van der Waals surface area contributed by atoms with Crippen LogP contribution in [-0.2, 0) is 19.6 Å². The number of nitrogens with zero attached hydrogens (tertiary/aromatic N) is 1. The monoisotopic (exact) mass is 470 g/mol. The number of aryl methyl sites for hydroxylation is 1. The molecule has 6 nitrogen and oxygen atoms in total. The molecule has 1 aliphatic rings. The SMILES string of the molecule is Cc1cccc(NC(=O)CN(CC2CCCO2)S(=O)(=O)c2cc(Cl)ccc2Cl)c1C. The van der Waals surface area contributed by atoms with Crippen LogP contribution in [-0.4, -0.2) is 44.4 Å². The summed E-state index contributed by atoms with van der Waals surface area (Å²) in [4.78, 5) is 12.6. The number of anilines is 1. The number of carbonyl (C=O) groups is 1. The van der Waals surface area contributed by atoms with Crippen molar-refractivity contribution in [1.82, 2.24) is 4.31 Å². The minimum absolute atomic E-state index is 0.0478. The van der Waals surface area contributed by atoms with Crippen LogP contribution >= 0.6 is 23.2 Å². The molecule has 3 rings (SSSR count). The van der Waals surface area contributed by atoms with E-state index >= 15 is 0 Å². The van der Waals surface area contributed by atoms with E-state index in [1.165, 1.54) is 18.2 Å². The summed E-state index contributed by atoms with van der Waals surface area (Å²) in [5, 5.41) is 3.10. The van der Waals surface area contributed by atoms with Crippen LogP contribution in [0.3, 0.4) is 0 Å². The van der Waals surface area contributed by atoms with Gasteiger partial charge in [0.15, 0.2) is 0 Å². The quantitative estimate of drug-likeness (QED) is 0.649. The maximum Gasteiger partial charge on any atom is 0.245 e. The largest absolute Gasteiger partial charge is 0.377 e. The highest BCUT2D eigenvalue weighted by Gasteiger charge is 2.32. The first-order valence-electron chi connectivity index (χ1n) is 9.61. The molecule has 30 heavy (non-hydrogen) atoms. The van der Waals surface area contributed by atoms with Crippen molar-refractivity contribution in [3.8, 4) is 0 Å². The molecule has 1 fully saturated rings. The lowest BCUT2D eigenvalue weighted by Crippen LogP contribution is -2.42. The Balaban J connectivity index is 1.87. The smallest absolute Gasteiger partial charge is 0.245 e. The molecule has 0 spiro atoms. The van der Waals surface area contributed by atoms with Gasteiger partial charge in [-0.2, -0.15) is 4.31 Å². The Morgan fingerprint density at radius 1 is 1.23 bits per heavy atom. The fourth-order valence-electron chi connectivity index (χ4n) is 3.31. The summed E-state index contributed by atoms with van der Waals surface area (Å²) in [7, 11) is -4.07. The van der Waals surface area contributed by atoms with Crippen molar-refractivity contribution in [3.63, 3.8) is 0 Å². The van der Waals surface area contributed by atoms with E-state index in [9.17, 15) is 13.2 Å². The zero-order valence-electron chi connectivity index (χ0n) is 16.8. The summed E-state index contributed by atoms with van der Waals surface area (Å²) in [6.45, 7) is 4.12. The number of amides is 1. The fraction of sp³-hybridized carbons (Fsp3) is 0.381. The Labute approximate surface area is 187 Å². The summed E-state index contributed by atoms with van der Waals surface area (Å²) < 4.78 is 33.4. The molecular weight excluding hydrogens is 447 g/mol. The molecule has 0 bridgehead atoms. The van der Waals surface area contributed by atoms with E-state index < -0.39 is 15.9 Å². The van der Waals surface area contributed by atoms with Gasteiger partial charge in [0.1, 0.15) is 4.90 Å².